The zero-order valence-electron chi connectivity index (χ0n) is 6.44. The molecule has 0 aromatic heterocycles. The van der Waals surface area contributed by atoms with E-state index in [4.69, 9.17) is 5.11 Å². The standard InChI is InChI=1S/C6H9NO3.Y/c1-5(6(2)10)7(3-8)4-9;/h5-6,10H,1-2H3;/q-2;. The van der Waals surface area contributed by atoms with Gasteiger partial charge >= 0.3 is 0 Å². The van der Waals surface area contributed by atoms with Crippen molar-refractivity contribution in [2.75, 3.05) is 0 Å². The van der Waals surface area contributed by atoms with Gasteiger partial charge in [-0.3, -0.25) is 0 Å². The molecular weight excluding hydrogens is 223 g/mol. The second-order valence-corrected chi connectivity index (χ2v) is 2.03. The van der Waals surface area contributed by atoms with E-state index >= 15 is 0 Å². The van der Waals surface area contributed by atoms with Crippen LogP contribution in [0.1, 0.15) is 13.8 Å². The molecule has 2 amide bonds. The molecule has 0 heterocycles. The number of amides is 2. The molecule has 2 atom stereocenters. The fourth-order valence-electron chi connectivity index (χ4n) is 0.401. The SMILES string of the molecule is CC(O)C(C)N([C-]=O)[C-]=O.[Y]. The number of aliphatic hydroxyl groups is 1. The first kappa shape index (κ1) is 13.8. The number of hydrogen-bond donors (Lipinski definition) is 1. The molecule has 0 aliphatic carbocycles. The van der Waals surface area contributed by atoms with Gasteiger partial charge in [-0.2, -0.15) is 12.8 Å². The van der Waals surface area contributed by atoms with Gasteiger partial charge in [-0.25, -0.2) is 0 Å². The molecule has 1 N–H and O–H groups in total. The summed E-state index contributed by atoms with van der Waals surface area (Å²) in [6, 6.07) is -0.560. The fraction of sp³-hybridized carbons (Fsp3) is 0.667. The van der Waals surface area contributed by atoms with Crippen LogP contribution in [-0.2, 0) is 42.3 Å². The van der Waals surface area contributed by atoms with Gasteiger partial charge in [-0.1, -0.05) is 0 Å². The van der Waals surface area contributed by atoms with E-state index in [2.05, 4.69) is 0 Å². The van der Waals surface area contributed by atoms with Crippen molar-refractivity contribution in [1.82, 2.24) is 4.90 Å². The topological polar surface area (TPSA) is 57.6 Å². The third-order valence-corrected chi connectivity index (χ3v) is 1.30. The van der Waals surface area contributed by atoms with Crippen LogP contribution in [0.4, 0.5) is 0 Å². The summed E-state index contributed by atoms with van der Waals surface area (Å²) in [6.45, 7) is 3.01. The molecule has 1 radical (unpaired) electrons. The largest absolute Gasteiger partial charge is 0.632 e. The number of rotatable bonds is 4. The van der Waals surface area contributed by atoms with Crippen LogP contribution in [0.3, 0.4) is 0 Å². The molecule has 11 heavy (non-hydrogen) atoms. The van der Waals surface area contributed by atoms with Crippen molar-refractivity contribution in [3.63, 3.8) is 0 Å². The Morgan fingerprint density at radius 1 is 1.27 bits per heavy atom. The maximum Gasteiger partial charge on any atom is 0.0666 e. The van der Waals surface area contributed by atoms with Crippen molar-refractivity contribution >= 4 is 12.8 Å². The van der Waals surface area contributed by atoms with Gasteiger partial charge in [0.15, 0.2) is 0 Å². The summed E-state index contributed by atoms with van der Waals surface area (Å²) in [5, 5.41) is 8.85. The van der Waals surface area contributed by atoms with Gasteiger partial charge in [0, 0.05) is 38.8 Å². The minimum Gasteiger partial charge on any atom is -0.632 e. The van der Waals surface area contributed by atoms with E-state index in [1.807, 2.05) is 0 Å². The summed E-state index contributed by atoms with van der Waals surface area (Å²) >= 11 is 0. The van der Waals surface area contributed by atoms with Gasteiger partial charge < -0.3 is 19.6 Å². The Kier molecular flexibility index (Phi) is 8.62. The number of aliphatic hydroxyl groups excluding tert-OH is 1. The summed E-state index contributed by atoms with van der Waals surface area (Å²) < 4.78 is 0. The predicted octanol–water partition coefficient (Wildman–Crippen LogP) is -0.810. The van der Waals surface area contributed by atoms with Crippen LogP contribution in [0.2, 0.25) is 0 Å². The summed E-state index contributed by atoms with van der Waals surface area (Å²) in [7, 11) is 0. The minimum absolute atomic E-state index is 0. The average Bonchev–Trinajstić information content (AvgIpc) is 1.90. The van der Waals surface area contributed by atoms with Gasteiger partial charge in [0.05, 0.1) is 6.10 Å². The van der Waals surface area contributed by atoms with E-state index in [0.717, 1.165) is 0 Å². The van der Waals surface area contributed by atoms with Crippen molar-refractivity contribution in [1.29, 1.82) is 0 Å². The third-order valence-electron chi connectivity index (χ3n) is 1.30. The third kappa shape index (κ3) is 4.61. The number of imide groups is 1. The molecule has 0 aromatic carbocycles. The van der Waals surface area contributed by atoms with Crippen molar-refractivity contribution < 1.29 is 47.4 Å². The molecule has 0 spiro atoms. The maximum absolute atomic E-state index is 9.91. The minimum atomic E-state index is -0.747. The molecule has 0 rings (SSSR count). The van der Waals surface area contributed by atoms with Crippen molar-refractivity contribution in [3.05, 3.63) is 0 Å². The van der Waals surface area contributed by atoms with Crippen molar-refractivity contribution in [2.24, 2.45) is 0 Å². The van der Waals surface area contributed by atoms with Crippen LogP contribution >= 0.6 is 0 Å². The van der Waals surface area contributed by atoms with Crippen LogP contribution in [0.25, 0.3) is 0 Å². The quantitative estimate of drug-likeness (QED) is 0.509. The molecule has 61 valence electrons. The molecule has 0 aliphatic rings. The van der Waals surface area contributed by atoms with E-state index in [1.54, 1.807) is 0 Å². The zero-order valence-corrected chi connectivity index (χ0v) is 9.28. The van der Waals surface area contributed by atoms with Gasteiger partial charge in [-0.05, 0) is 13.8 Å². The summed E-state index contributed by atoms with van der Waals surface area (Å²) in [4.78, 5) is 20.4. The molecule has 4 nitrogen and oxygen atoms in total. The van der Waals surface area contributed by atoms with Gasteiger partial charge in [-0.15, -0.1) is 0 Å². The van der Waals surface area contributed by atoms with E-state index in [0.29, 0.717) is 4.90 Å². The van der Waals surface area contributed by atoms with Gasteiger partial charge in [0.25, 0.3) is 0 Å². The number of hydrogen-bond acceptors (Lipinski definition) is 3. The van der Waals surface area contributed by atoms with E-state index in [1.165, 1.54) is 26.7 Å². The Labute approximate surface area is 90.8 Å². The Bertz CT molecular complexity index is 121. The Hall–Kier alpha value is 0.204. The fourth-order valence-corrected chi connectivity index (χ4v) is 0.401. The molecule has 0 saturated heterocycles. The maximum atomic E-state index is 9.91. The van der Waals surface area contributed by atoms with Crippen LogP contribution in [0.15, 0.2) is 0 Å². The summed E-state index contributed by atoms with van der Waals surface area (Å²) in [5.74, 6) is 0. The Morgan fingerprint density at radius 3 is 1.73 bits per heavy atom. The second kappa shape index (κ2) is 6.89. The molecule has 5 heteroatoms. The summed E-state index contributed by atoms with van der Waals surface area (Å²) in [5.41, 5.74) is 0. The Balaban J connectivity index is 0. The number of nitrogens with zero attached hydrogens (tertiary/aromatic N) is 1. The van der Waals surface area contributed by atoms with Gasteiger partial charge in [0.1, 0.15) is 0 Å². The molecule has 0 bridgehead atoms. The van der Waals surface area contributed by atoms with Gasteiger partial charge in [0.2, 0.25) is 0 Å². The first-order valence-corrected chi connectivity index (χ1v) is 2.86. The van der Waals surface area contributed by atoms with Crippen LogP contribution in [0.5, 0.6) is 0 Å². The van der Waals surface area contributed by atoms with E-state index in [9.17, 15) is 9.59 Å². The molecule has 2 unspecified atom stereocenters. The molecular formula is C6H9NO3Y-2. The van der Waals surface area contributed by atoms with E-state index in [-0.39, 0.29) is 32.7 Å². The number of carbonyl (C=O) groups excluding carboxylic acids is 2. The zero-order chi connectivity index (χ0) is 8.15. The predicted molar refractivity (Wildman–Crippen MR) is 34.4 cm³/mol. The molecule has 0 fully saturated rings. The monoisotopic (exact) mass is 232 g/mol. The normalized spacial score (nSPS) is 14.1. The Morgan fingerprint density at radius 2 is 1.64 bits per heavy atom. The van der Waals surface area contributed by atoms with Crippen LogP contribution in [0, 0.1) is 0 Å². The first-order valence-electron chi connectivity index (χ1n) is 2.86. The van der Waals surface area contributed by atoms with E-state index < -0.39 is 12.1 Å². The summed E-state index contributed by atoms with van der Waals surface area (Å²) in [6.07, 6.45) is 1.92. The average molecular weight is 232 g/mol. The smallest absolute Gasteiger partial charge is 0.0666 e. The van der Waals surface area contributed by atoms with Crippen molar-refractivity contribution in [2.45, 2.75) is 26.0 Å². The molecule has 0 saturated carbocycles. The van der Waals surface area contributed by atoms with Crippen LogP contribution < -0.4 is 0 Å². The second-order valence-electron chi connectivity index (χ2n) is 2.03. The molecule has 0 aromatic rings. The van der Waals surface area contributed by atoms with Crippen molar-refractivity contribution in [3.8, 4) is 0 Å². The first-order chi connectivity index (χ1) is 4.63. The van der Waals surface area contributed by atoms with Crippen LogP contribution in [-0.4, -0.2) is 35.0 Å². The molecule has 0 aliphatic heterocycles.